The smallest absolute Gasteiger partial charge is 0.257 e. The molecule has 2 aromatic carbocycles. The number of amides is 2. The Morgan fingerprint density at radius 2 is 1.67 bits per heavy atom. The van der Waals surface area contributed by atoms with Crippen molar-refractivity contribution in [2.24, 2.45) is 10.7 Å². The number of allylic oxidation sites excluding steroid dienone is 1. The molecule has 0 spiro atoms. The van der Waals surface area contributed by atoms with Crippen molar-refractivity contribution in [2.45, 2.75) is 70.9 Å². The average molecular weight is 579 g/mol. The summed E-state index contributed by atoms with van der Waals surface area (Å²) in [6.07, 6.45) is 10.5. The third-order valence-electron chi connectivity index (χ3n) is 8.37. The van der Waals surface area contributed by atoms with Gasteiger partial charge in [-0.3, -0.25) is 14.6 Å². The van der Waals surface area contributed by atoms with Gasteiger partial charge in [0.25, 0.3) is 11.8 Å². The number of pyridine rings is 1. The second-order valence-corrected chi connectivity index (χ2v) is 11.9. The molecule has 224 valence electrons. The molecule has 4 N–H and O–H groups in total. The first kappa shape index (κ1) is 30.0. The molecule has 1 aliphatic heterocycles. The third-order valence-corrected chi connectivity index (χ3v) is 8.37. The molecule has 8 heteroatoms. The van der Waals surface area contributed by atoms with Gasteiger partial charge in [0, 0.05) is 60.6 Å². The van der Waals surface area contributed by atoms with E-state index in [9.17, 15) is 9.59 Å². The molecule has 3 aromatic rings. The summed E-state index contributed by atoms with van der Waals surface area (Å²) in [6.45, 7) is 7.35. The number of likely N-dealkylation sites (tertiary alicyclic amines) is 1. The van der Waals surface area contributed by atoms with Crippen LogP contribution in [-0.4, -0.2) is 53.1 Å². The fraction of sp³-hybridized carbons (Fsp3) is 0.371. The fourth-order valence-corrected chi connectivity index (χ4v) is 5.48. The van der Waals surface area contributed by atoms with E-state index < -0.39 is 0 Å². The Kier molecular flexibility index (Phi) is 9.55. The first-order valence-electron chi connectivity index (χ1n) is 15.3. The average Bonchev–Trinajstić information content (AvgIpc) is 2.99. The number of nitrogens with zero attached hydrogens (tertiary/aromatic N) is 3. The van der Waals surface area contributed by atoms with Gasteiger partial charge in [0.1, 0.15) is 5.82 Å². The van der Waals surface area contributed by atoms with Crippen LogP contribution in [0.2, 0.25) is 0 Å². The lowest BCUT2D eigenvalue weighted by Crippen LogP contribution is -2.38. The predicted molar refractivity (Wildman–Crippen MR) is 175 cm³/mol. The Morgan fingerprint density at radius 3 is 2.28 bits per heavy atom. The van der Waals surface area contributed by atoms with Crippen molar-refractivity contribution in [2.75, 3.05) is 23.7 Å². The molecule has 2 aliphatic rings. The third kappa shape index (κ3) is 7.49. The minimum atomic E-state index is -0.261. The van der Waals surface area contributed by atoms with Crippen LogP contribution in [0, 0.1) is 6.92 Å². The number of benzene rings is 2. The highest BCUT2D eigenvalue weighted by Gasteiger charge is 2.25. The van der Waals surface area contributed by atoms with Crippen LogP contribution in [-0.2, 0) is 0 Å². The molecule has 2 amide bonds. The van der Waals surface area contributed by atoms with Crippen LogP contribution in [0.15, 0.2) is 72.0 Å². The molecule has 0 unspecified atom stereocenters. The number of aryl methyl sites for hydroxylation is 1. The molecule has 2 heterocycles. The Hall–Kier alpha value is -4.46. The molecule has 0 bridgehead atoms. The summed E-state index contributed by atoms with van der Waals surface area (Å²) in [5.41, 5.74) is 11.7. The van der Waals surface area contributed by atoms with E-state index in [4.69, 9.17) is 5.73 Å². The highest BCUT2D eigenvalue weighted by Crippen LogP contribution is 2.30. The van der Waals surface area contributed by atoms with E-state index in [1.165, 1.54) is 24.8 Å². The molecule has 43 heavy (non-hydrogen) atoms. The van der Waals surface area contributed by atoms with Gasteiger partial charge in [-0.05, 0) is 99.7 Å². The standard InChI is InChI=1S/C35H42N6O2/c1-23(2)39-33-14-13-29(21-38-33)34(42)40-32-19-28(8-7-24(32)3)35(43)41-17-15-27(16-18-41)25-9-11-26(12-10-25)30(20-36)22-37-31-5-4-6-31/h7-14,19-23,27,31H,4-6,15-18,36H2,1-3H3,(H,38,39)(H,40,42). The Labute approximate surface area is 254 Å². The van der Waals surface area contributed by atoms with Gasteiger partial charge in [-0.15, -0.1) is 0 Å². The molecule has 0 radical (unpaired) electrons. The van der Waals surface area contributed by atoms with Crippen LogP contribution in [0.5, 0.6) is 0 Å². The molecule has 1 saturated heterocycles. The van der Waals surface area contributed by atoms with E-state index in [1.807, 2.05) is 44.0 Å². The van der Waals surface area contributed by atoms with Crippen LogP contribution in [0.25, 0.3) is 5.57 Å². The number of nitrogens with one attached hydrogen (secondary N) is 2. The van der Waals surface area contributed by atoms with E-state index in [0.717, 1.165) is 35.4 Å². The first-order chi connectivity index (χ1) is 20.8. The van der Waals surface area contributed by atoms with Crippen LogP contribution >= 0.6 is 0 Å². The van der Waals surface area contributed by atoms with Crippen LogP contribution in [0.3, 0.4) is 0 Å². The topological polar surface area (TPSA) is 113 Å². The SMILES string of the molecule is Cc1ccc(C(=O)N2CCC(c3ccc(C(C=NC4CCC4)=CN)cc3)CC2)cc1NC(=O)c1ccc(NC(C)C)nc1. The van der Waals surface area contributed by atoms with Gasteiger partial charge < -0.3 is 21.3 Å². The fourth-order valence-electron chi connectivity index (χ4n) is 5.48. The second-order valence-electron chi connectivity index (χ2n) is 11.9. The summed E-state index contributed by atoms with van der Waals surface area (Å²) in [7, 11) is 0. The number of carbonyl (C=O) groups excluding carboxylic acids is 2. The van der Waals surface area contributed by atoms with Gasteiger partial charge in [-0.1, -0.05) is 30.3 Å². The zero-order valence-corrected chi connectivity index (χ0v) is 25.3. The van der Waals surface area contributed by atoms with Crippen LogP contribution in [0.1, 0.15) is 89.3 Å². The quantitative estimate of drug-likeness (QED) is 0.254. The summed E-state index contributed by atoms with van der Waals surface area (Å²) >= 11 is 0. The molecule has 1 saturated carbocycles. The minimum Gasteiger partial charge on any atom is -0.404 e. The van der Waals surface area contributed by atoms with Crippen molar-refractivity contribution in [3.63, 3.8) is 0 Å². The second kappa shape index (κ2) is 13.7. The molecule has 2 fully saturated rings. The number of aliphatic imine (C=N–C) groups is 1. The summed E-state index contributed by atoms with van der Waals surface area (Å²) in [5.74, 6) is 0.843. The van der Waals surface area contributed by atoms with Crippen LogP contribution < -0.4 is 16.4 Å². The van der Waals surface area contributed by atoms with Gasteiger partial charge in [0.05, 0.1) is 5.56 Å². The Bertz CT molecular complexity index is 1480. The molecule has 5 rings (SSSR count). The maximum Gasteiger partial charge on any atom is 0.257 e. The van der Waals surface area contributed by atoms with Crippen molar-refractivity contribution in [3.05, 3.63) is 94.8 Å². The van der Waals surface area contributed by atoms with E-state index >= 15 is 0 Å². The van der Waals surface area contributed by atoms with Crippen molar-refractivity contribution < 1.29 is 9.59 Å². The van der Waals surface area contributed by atoms with Gasteiger partial charge in [0.2, 0.25) is 0 Å². The normalized spacial score (nSPS) is 16.4. The van der Waals surface area contributed by atoms with Gasteiger partial charge >= 0.3 is 0 Å². The first-order valence-corrected chi connectivity index (χ1v) is 15.3. The van der Waals surface area contributed by atoms with Crippen molar-refractivity contribution in [3.8, 4) is 0 Å². The lowest BCUT2D eigenvalue weighted by Gasteiger charge is -2.32. The Balaban J connectivity index is 1.17. The van der Waals surface area contributed by atoms with Gasteiger partial charge in [-0.2, -0.15) is 0 Å². The van der Waals surface area contributed by atoms with E-state index in [2.05, 4.69) is 44.9 Å². The Morgan fingerprint density at radius 1 is 0.977 bits per heavy atom. The monoisotopic (exact) mass is 578 g/mol. The number of anilines is 2. The van der Waals surface area contributed by atoms with E-state index in [0.29, 0.717) is 41.9 Å². The highest BCUT2D eigenvalue weighted by molar-refractivity contribution is 6.09. The van der Waals surface area contributed by atoms with Crippen molar-refractivity contribution in [1.29, 1.82) is 0 Å². The maximum atomic E-state index is 13.4. The highest BCUT2D eigenvalue weighted by atomic mass is 16.2. The minimum absolute atomic E-state index is 0.0152. The van der Waals surface area contributed by atoms with E-state index in [1.54, 1.807) is 30.6 Å². The number of hydrogen-bond donors (Lipinski definition) is 3. The predicted octanol–water partition coefficient (Wildman–Crippen LogP) is 6.41. The number of carbonyl (C=O) groups is 2. The van der Waals surface area contributed by atoms with Gasteiger partial charge in [0.15, 0.2) is 0 Å². The zero-order valence-electron chi connectivity index (χ0n) is 25.3. The number of piperidine rings is 1. The van der Waals surface area contributed by atoms with Gasteiger partial charge in [-0.25, -0.2) is 4.98 Å². The van der Waals surface area contributed by atoms with Crippen molar-refractivity contribution >= 4 is 35.1 Å². The molecule has 0 atom stereocenters. The van der Waals surface area contributed by atoms with E-state index in [-0.39, 0.29) is 17.9 Å². The lowest BCUT2D eigenvalue weighted by atomic mass is 9.88. The maximum absolute atomic E-state index is 13.4. The molecule has 1 aliphatic carbocycles. The molecular formula is C35H42N6O2. The molecule has 8 nitrogen and oxygen atoms in total. The van der Waals surface area contributed by atoms with Crippen molar-refractivity contribution in [1.82, 2.24) is 9.88 Å². The molecular weight excluding hydrogens is 536 g/mol. The lowest BCUT2D eigenvalue weighted by molar-refractivity contribution is 0.0712. The summed E-state index contributed by atoms with van der Waals surface area (Å²) < 4.78 is 0. The summed E-state index contributed by atoms with van der Waals surface area (Å²) in [6, 6.07) is 18.3. The largest absolute Gasteiger partial charge is 0.404 e. The van der Waals surface area contributed by atoms with Crippen LogP contribution in [0.4, 0.5) is 11.5 Å². The zero-order chi connectivity index (χ0) is 30.3. The summed E-state index contributed by atoms with van der Waals surface area (Å²) in [5, 5.41) is 6.18. The number of rotatable bonds is 9. The number of aromatic nitrogens is 1. The number of nitrogens with two attached hydrogens (primary N) is 1. The number of hydrogen-bond acceptors (Lipinski definition) is 6. The molecule has 1 aromatic heterocycles. The summed E-state index contributed by atoms with van der Waals surface area (Å²) in [4.78, 5) is 37.3.